The Morgan fingerprint density at radius 1 is 1.38 bits per heavy atom. The zero-order valence-electron chi connectivity index (χ0n) is 14.7. The van der Waals surface area contributed by atoms with Crippen LogP contribution in [0.2, 0.25) is 0 Å². The fourth-order valence-corrected chi connectivity index (χ4v) is 3.03. The van der Waals surface area contributed by atoms with E-state index in [0.29, 0.717) is 19.4 Å². The number of carbonyl (C=O) groups is 2. The lowest BCUT2D eigenvalue weighted by molar-refractivity contribution is -0.138. The van der Waals surface area contributed by atoms with E-state index in [9.17, 15) is 9.59 Å². The maximum Gasteiger partial charge on any atom is 0.317 e. The van der Waals surface area contributed by atoms with Crippen LogP contribution >= 0.6 is 0 Å². The fourth-order valence-electron chi connectivity index (χ4n) is 3.03. The summed E-state index contributed by atoms with van der Waals surface area (Å²) in [5, 5.41) is 8.97. The number of carboxylic acid groups (broad SMARTS) is 1. The molecule has 0 radical (unpaired) electrons. The van der Waals surface area contributed by atoms with Crippen LogP contribution < -0.4 is 0 Å². The maximum atomic E-state index is 11.8. The van der Waals surface area contributed by atoms with Gasteiger partial charge < -0.3 is 10.0 Å². The summed E-state index contributed by atoms with van der Waals surface area (Å²) in [5.74, 6) is 0.209. The van der Waals surface area contributed by atoms with Crippen LogP contribution in [0.15, 0.2) is 6.07 Å². The van der Waals surface area contributed by atoms with Crippen molar-refractivity contribution in [2.45, 2.75) is 38.5 Å². The highest BCUT2D eigenvalue weighted by Crippen LogP contribution is 2.25. The van der Waals surface area contributed by atoms with Gasteiger partial charge in [0, 0.05) is 44.4 Å². The Hall–Kier alpha value is -2.02. The van der Waals surface area contributed by atoms with Gasteiger partial charge in [-0.05, 0) is 38.8 Å². The second-order valence-electron chi connectivity index (χ2n) is 6.62. The minimum atomic E-state index is -0.802. The van der Waals surface area contributed by atoms with Gasteiger partial charge in [0.05, 0.1) is 6.54 Å². The highest BCUT2D eigenvalue weighted by Gasteiger charge is 2.25. The molecule has 1 saturated heterocycles. The van der Waals surface area contributed by atoms with Crippen molar-refractivity contribution in [1.29, 1.82) is 0 Å². The van der Waals surface area contributed by atoms with Crippen molar-refractivity contribution in [1.82, 2.24) is 19.8 Å². The number of likely N-dealkylation sites (tertiary alicyclic amines) is 1. The normalized spacial score (nSPS) is 18.4. The number of piperidine rings is 1. The first-order chi connectivity index (χ1) is 11.3. The van der Waals surface area contributed by atoms with Gasteiger partial charge in [0.25, 0.3) is 0 Å². The van der Waals surface area contributed by atoms with E-state index >= 15 is 0 Å². The van der Waals surface area contributed by atoms with E-state index in [1.807, 2.05) is 17.9 Å². The third-order valence-corrected chi connectivity index (χ3v) is 4.25. The average molecular weight is 334 g/mol. The molecular weight excluding hydrogens is 308 g/mol. The number of carbonyl (C=O) groups excluding carboxylic acids is 1. The van der Waals surface area contributed by atoms with Gasteiger partial charge in [-0.1, -0.05) is 0 Å². The number of carboxylic acids is 1. The fraction of sp³-hybridized carbons (Fsp3) is 0.647. The van der Waals surface area contributed by atoms with E-state index in [0.717, 1.165) is 36.6 Å². The molecule has 0 aliphatic carbocycles. The zero-order chi connectivity index (χ0) is 17.7. The van der Waals surface area contributed by atoms with E-state index in [1.165, 1.54) is 0 Å². The number of aryl methyl sites for hydroxylation is 2. The number of hydrogen-bond acceptors (Lipinski definition) is 5. The zero-order valence-corrected chi connectivity index (χ0v) is 14.7. The van der Waals surface area contributed by atoms with Gasteiger partial charge in [0.15, 0.2) is 0 Å². The van der Waals surface area contributed by atoms with Gasteiger partial charge in [-0.25, -0.2) is 9.97 Å². The van der Waals surface area contributed by atoms with Gasteiger partial charge >= 0.3 is 5.97 Å². The van der Waals surface area contributed by atoms with Crippen molar-refractivity contribution in [2.24, 2.45) is 0 Å². The summed E-state index contributed by atoms with van der Waals surface area (Å²) in [4.78, 5) is 35.4. The molecule has 0 bridgehead atoms. The van der Waals surface area contributed by atoms with Crippen molar-refractivity contribution >= 4 is 11.9 Å². The molecule has 0 aromatic carbocycles. The van der Waals surface area contributed by atoms with Gasteiger partial charge in [-0.15, -0.1) is 0 Å². The lowest BCUT2D eigenvalue weighted by atomic mass is 9.97. The topological polar surface area (TPSA) is 86.6 Å². The molecule has 2 rings (SSSR count). The quantitative estimate of drug-likeness (QED) is 0.837. The first-order valence-corrected chi connectivity index (χ1v) is 8.34. The van der Waals surface area contributed by atoms with Crippen molar-refractivity contribution in [2.75, 3.05) is 33.7 Å². The molecule has 7 heteroatoms. The Balaban J connectivity index is 2.07. The average Bonchev–Trinajstić information content (AvgIpc) is 2.51. The van der Waals surface area contributed by atoms with Crippen LogP contribution in [-0.2, 0) is 16.0 Å². The van der Waals surface area contributed by atoms with E-state index in [4.69, 9.17) is 5.11 Å². The third kappa shape index (κ3) is 5.26. The second-order valence-corrected chi connectivity index (χ2v) is 6.62. The molecule has 0 unspecified atom stereocenters. The standard InChI is InChI=1S/C17H26N4O3/c1-12-9-14(6-7-15(22)20(2)3)19-17(18-12)13-5-4-8-21(10-13)11-16(23)24/h9,13H,4-8,10-11H2,1-3H3,(H,23,24)/t13-/m1/s1. The number of rotatable bonds is 6. The molecule has 1 fully saturated rings. The molecule has 1 aliphatic rings. The molecule has 1 atom stereocenters. The van der Waals surface area contributed by atoms with E-state index in [-0.39, 0.29) is 18.4 Å². The van der Waals surface area contributed by atoms with E-state index in [2.05, 4.69) is 9.97 Å². The summed E-state index contributed by atoms with van der Waals surface area (Å²) in [7, 11) is 3.50. The van der Waals surface area contributed by atoms with Crippen LogP contribution in [-0.4, -0.2) is 70.5 Å². The summed E-state index contributed by atoms with van der Waals surface area (Å²) in [5.41, 5.74) is 1.77. The first kappa shape index (κ1) is 18.3. The SMILES string of the molecule is Cc1cc(CCC(=O)N(C)C)nc([C@@H]2CCCN(CC(=O)O)C2)n1. The molecule has 1 aromatic heterocycles. The summed E-state index contributed by atoms with van der Waals surface area (Å²) in [6.07, 6.45) is 2.94. The van der Waals surface area contributed by atoms with E-state index < -0.39 is 5.97 Å². The molecule has 0 saturated carbocycles. The van der Waals surface area contributed by atoms with Gasteiger partial charge in [0.1, 0.15) is 5.82 Å². The molecule has 0 spiro atoms. The Labute approximate surface area is 142 Å². The third-order valence-electron chi connectivity index (χ3n) is 4.25. The molecular formula is C17H26N4O3. The van der Waals surface area contributed by atoms with Crippen molar-refractivity contribution in [3.05, 3.63) is 23.3 Å². The number of aromatic nitrogens is 2. The Kier molecular flexibility index (Phi) is 6.25. The number of amides is 1. The molecule has 1 aromatic rings. The molecule has 2 heterocycles. The highest BCUT2D eigenvalue weighted by molar-refractivity contribution is 5.75. The van der Waals surface area contributed by atoms with Crippen molar-refractivity contribution in [3.8, 4) is 0 Å². The number of nitrogens with zero attached hydrogens (tertiary/aromatic N) is 4. The molecule has 132 valence electrons. The molecule has 1 amide bonds. The van der Waals surface area contributed by atoms with Gasteiger partial charge in [-0.2, -0.15) is 0 Å². The summed E-state index contributed by atoms with van der Waals surface area (Å²) >= 11 is 0. The predicted octanol–water partition coefficient (Wildman–Crippen LogP) is 1.07. The molecule has 1 N–H and O–H groups in total. The highest BCUT2D eigenvalue weighted by atomic mass is 16.4. The molecule has 24 heavy (non-hydrogen) atoms. The van der Waals surface area contributed by atoms with Crippen LogP contribution in [0.25, 0.3) is 0 Å². The summed E-state index contributed by atoms with van der Waals surface area (Å²) in [6.45, 7) is 3.47. The minimum absolute atomic E-state index is 0.0620. The largest absolute Gasteiger partial charge is 0.480 e. The smallest absolute Gasteiger partial charge is 0.317 e. The second kappa shape index (κ2) is 8.19. The number of aliphatic carboxylic acids is 1. The van der Waals surface area contributed by atoms with Gasteiger partial charge in [-0.3, -0.25) is 14.5 Å². The van der Waals surface area contributed by atoms with Crippen molar-refractivity contribution in [3.63, 3.8) is 0 Å². The maximum absolute atomic E-state index is 11.8. The number of hydrogen-bond donors (Lipinski definition) is 1. The van der Waals surface area contributed by atoms with Crippen LogP contribution in [0.4, 0.5) is 0 Å². The summed E-state index contributed by atoms with van der Waals surface area (Å²) < 4.78 is 0. The van der Waals surface area contributed by atoms with Crippen LogP contribution in [0.1, 0.15) is 42.4 Å². The molecule has 7 nitrogen and oxygen atoms in total. The Morgan fingerprint density at radius 3 is 2.79 bits per heavy atom. The van der Waals surface area contributed by atoms with Crippen LogP contribution in [0, 0.1) is 6.92 Å². The Bertz CT molecular complexity index is 603. The lowest BCUT2D eigenvalue weighted by Crippen LogP contribution is -2.38. The van der Waals surface area contributed by atoms with Gasteiger partial charge in [0.2, 0.25) is 5.91 Å². The summed E-state index contributed by atoms with van der Waals surface area (Å²) in [6, 6.07) is 1.92. The predicted molar refractivity (Wildman–Crippen MR) is 89.8 cm³/mol. The lowest BCUT2D eigenvalue weighted by Gasteiger charge is -2.30. The molecule has 1 aliphatic heterocycles. The Morgan fingerprint density at radius 2 is 2.12 bits per heavy atom. The van der Waals surface area contributed by atoms with Crippen LogP contribution in [0.5, 0.6) is 0 Å². The van der Waals surface area contributed by atoms with Crippen LogP contribution in [0.3, 0.4) is 0 Å². The minimum Gasteiger partial charge on any atom is -0.480 e. The monoisotopic (exact) mass is 334 g/mol. The van der Waals surface area contributed by atoms with E-state index in [1.54, 1.807) is 19.0 Å². The first-order valence-electron chi connectivity index (χ1n) is 8.34. The van der Waals surface area contributed by atoms with Crippen molar-refractivity contribution < 1.29 is 14.7 Å².